The fourth-order valence-corrected chi connectivity index (χ4v) is 1.80. The van der Waals surface area contributed by atoms with Gasteiger partial charge in [0, 0.05) is 17.2 Å². The lowest BCUT2D eigenvalue weighted by molar-refractivity contribution is 0.293. The molecule has 0 aliphatic rings. The van der Waals surface area contributed by atoms with Crippen molar-refractivity contribution in [2.24, 2.45) is 5.73 Å². The van der Waals surface area contributed by atoms with Crippen LogP contribution in [0.4, 0.5) is 8.78 Å². The number of benzene rings is 2. The molecule has 1 unspecified atom stereocenters. The number of hydrogen-bond donors (Lipinski definition) is 1. The van der Waals surface area contributed by atoms with Crippen LogP contribution in [0, 0.1) is 11.6 Å². The van der Waals surface area contributed by atoms with Gasteiger partial charge in [-0.15, -0.1) is 0 Å². The summed E-state index contributed by atoms with van der Waals surface area (Å²) in [5, 5.41) is 0. The van der Waals surface area contributed by atoms with E-state index in [1.165, 1.54) is 12.1 Å². The number of para-hydroxylation sites is 1. The molecule has 0 aromatic heterocycles. The molecule has 0 spiro atoms. The van der Waals surface area contributed by atoms with E-state index in [0.717, 1.165) is 11.6 Å². The average Bonchev–Trinajstić information content (AvgIpc) is 2.40. The van der Waals surface area contributed by atoms with E-state index in [1.807, 2.05) is 25.1 Å². The van der Waals surface area contributed by atoms with Crippen molar-refractivity contribution in [3.05, 3.63) is 65.2 Å². The molecule has 4 heteroatoms. The summed E-state index contributed by atoms with van der Waals surface area (Å²) >= 11 is 0. The van der Waals surface area contributed by atoms with E-state index in [9.17, 15) is 8.78 Å². The van der Waals surface area contributed by atoms with Crippen molar-refractivity contribution in [3.8, 4) is 5.75 Å². The summed E-state index contributed by atoms with van der Waals surface area (Å²) in [6, 6.07) is 11.1. The summed E-state index contributed by atoms with van der Waals surface area (Å²) < 4.78 is 32.1. The zero-order valence-electron chi connectivity index (χ0n) is 10.6. The van der Waals surface area contributed by atoms with E-state index in [2.05, 4.69) is 0 Å². The molecule has 0 radical (unpaired) electrons. The lowest BCUT2D eigenvalue weighted by Gasteiger charge is -2.14. The van der Waals surface area contributed by atoms with Crippen LogP contribution in [0.1, 0.15) is 24.1 Å². The van der Waals surface area contributed by atoms with Gasteiger partial charge in [0.1, 0.15) is 12.4 Å². The largest absolute Gasteiger partial charge is 0.488 e. The first-order valence-corrected chi connectivity index (χ1v) is 6.00. The highest BCUT2D eigenvalue weighted by molar-refractivity contribution is 5.35. The van der Waals surface area contributed by atoms with Crippen molar-refractivity contribution < 1.29 is 13.5 Å². The van der Waals surface area contributed by atoms with Crippen LogP contribution in [0.2, 0.25) is 0 Å². The molecule has 0 amide bonds. The first kappa shape index (κ1) is 13.5. The highest BCUT2D eigenvalue weighted by Crippen LogP contribution is 2.24. The standard InChI is InChI=1S/C15H15F2NO/c1-10(18)12-6-2-3-8-14(12)19-9-11-5-4-7-13(16)15(11)17/h2-8,10H,9,18H2,1H3. The second-order valence-corrected chi connectivity index (χ2v) is 4.33. The summed E-state index contributed by atoms with van der Waals surface area (Å²) in [7, 11) is 0. The van der Waals surface area contributed by atoms with Gasteiger partial charge in [0.05, 0.1) is 0 Å². The average molecular weight is 263 g/mol. The molecule has 2 aromatic rings. The molecule has 2 aromatic carbocycles. The molecule has 0 aliphatic carbocycles. The number of ether oxygens (including phenoxy) is 1. The summed E-state index contributed by atoms with van der Waals surface area (Å²) in [6.45, 7) is 1.80. The van der Waals surface area contributed by atoms with Gasteiger partial charge in [-0.3, -0.25) is 0 Å². The van der Waals surface area contributed by atoms with Crippen molar-refractivity contribution in [2.45, 2.75) is 19.6 Å². The van der Waals surface area contributed by atoms with Crippen LogP contribution in [-0.4, -0.2) is 0 Å². The second kappa shape index (κ2) is 5.80. The minimum absolute atomic E-state index is 0.0344. The van der Waals surface area contributed by atoms with Gasteiger partial charge in [-0.1, -0.05) is 30.3 Å². The Labute approximate surface area is 110 Å². The maximum Gasteiger partial charge on any atom is 0.165 e. The second-order valence-electron chi connectivity index (χ2n) is 4.33. The van der Waals surface area contributed by atoms with Crippen molar-refractivity contribution in [1.29, 1.82) is 0 Å². The van der Waals surface area contributed by atoms with E-state index >= 15 is 0 Å². The van der Waals surface area contributed by atoms with E-state index in [0.29, 0.717) is 5.75 Å². The van der Waals surface area contributed by atoms with Crippen molar-refractivity contribution in [3.63, 3.8) is 0 Å². The summed E-state index contributed by atoms with van der Waals surface area (Å²) in [5.41, 5.74) is 6.84. The van der Waals surface area contributed by atoms with Gasteiger partial charge in [-0.25, -0.2) is 8.78 Å². The van der Waals surface area contributed by atoms with Crippen LogP contribution in [0.5, 0.6) is 5.75 Å². The monoisotopic (exact) mass is 263 g/mol. The molecule has 2 rings (SSSR count). The minimum atomic E-state index is -0.874. The first-order chi connectivity index (χ1) is 9.09. The number of rotatable bonds is 4. The lowest BCUT2D eigenvalue weighted by atomic mass is 10.1. The fraction of sp³-hybridized carbons (Fsp3) is 0.200. The van der Waals surface area contributed by atoms with E-state index in [4.69, 9.17) is 10.5 Å². The highest BCUT2D eigenvalue weighted by Gasteiger charge is 2.10. The van der Waals surface area contributed by atoms with Crippen molar-refractivity contribution in [1.82, 2.24) is 0 Å². The molecule has 0 saturated carbocycles. The quantitative estimate of drug-likeness (QED) is 0.915. The molecule has 0 bridgehead atoms. The predicted octanol–water partition coefficient (Wildman–Crippen LogP) is 3.56. The maximum absolute atomic E-state index is 13.5. The first-order valence-electron chi connectivity index (χ1n) is 6.00. The fourth-order valence-electron chi connectivity index (χ4n) is 1.80. The Balaban J connectivity index is 2.17. The summed E-state index contributed by atoms with van der Waals surface area (Å²) in [4.78, 5) is 0. The van der Waals surface area contributed by atoms with Crippen molar-refractivity contribution >= 4 is 0 Å². The van der Waals surface area contributed by atoms with Crippen LogP contribution in [0.3, 0.4) is 0 Å². The Morgan fingerprint density at radius 2 is 1.84 bits per heavy atom. The zero-order valence-corrected chi connectivity index (χ0v) is 10.6. The lowest BCUT2D eigenvalue weighted by Crippen LogP contribution is -2.08. The number of halogens is 2. The molecule has 100 valence electrons. The molecule has 0 heterocycles. The van der Waals surface area contributed by atoms with E-state index < -0.39 is 11.6 Å². The summed E-state index contributed by atoms with van der Waals surface area (Å²) in [5.74, 6) is -1.16. The van der Waals surface area contributed by atoms with Crippen molar-refractivity contribution in [2.75, 3.05) is 0 Å². The zero-order chi connectivity index (χ0) is 13.8. The molecular formula is C15H15F2NO. The van der Waals surface area contributed by atoms with Gasteiger partial charge >= 0.3 is 0 Å². The molecule has 0 saturated heterocycles. The van der Waals surface area contributed by atoms with Gasteiger partial charge in [0.25, 0.3) is 0 Å². The third kappa shape index (κ3) is 3.09. The van der Waals surface area contributed by atoms with E-state index in [1.54, 1.807) is 6.07 Å². The van der Waals surface area contributed by atoms with Crippen LogP contribution in [0.25, 0.3) is 0 Å². The number of nitrogens with two attached hydrogens (primary N) is 1. The van der Waals surface area contributed by atoms with Gasteiger partial charge in [0.2, 0.25) is 0 Å². The third-order valence-corrected chi connectivity index (χ3v) is 2.82. The molecule has 1 atom stereocenters. The summed E-state index contributed by atoms with van der Waals surface area (Å²) in [6.07, 6.45) is 0. The van der Waals surface area contributed by atoms with Gasteiger partial charge in [-0.2, -0.15) is 0 Å². The molecule has 2 nitrogen and oxygen atoms in total. The Bertz CT molecular complexity index is 570. The molecular weight excluding hydrogens is 248 g/mol. The van der Waals surface area contributed by atoms with Crippen LogP contribution in [-0.2, 0) is 6.61 Å². The van der Waals surface area contributed by atoms with Crippen LogP contribution >= 0.6 is 0 Å². The minimum Gasteiger partial charge on any atom is -0.488 e. The van der Waals surface area contributed by atoms with Gasteiger partial charge in [-0.05, 0) is 19.1 Å². The molecule has 2 N–H and O–H groups in total. The Hall–Kier alpha value is -1.94. The normalized spacial score (nSPS) is 12.2. The van der Waals surface area contributed by atoms with Gasteiger partial charge < -0.3 is 10.5 Å². The molecule has 0 fully saturated rings. The van der Waals surface area contributed by atoms with Gasteiger partial charge in [0.15, 0.2) is 11.6 Å². The number of hydrogen-bond acceptors (Lipinski definition) is 2. The topological polar surface area (TPSA) is 35.2 Å². The van der Waals surface area contributed by atoms with Crippen LogP contribution < -0.4 is 10.5 Å². The maximum atomic E-state index is 13.5. The van der Waals surface area contributed by atoms with E-state index in [-0.39, 0.29) is 18.2 Å². The Morgan fingerprint density at radius 3 is 2.58 bits per heavy atom. The van der Waals surface area contributed by atoms with Crippen LogP contribution in [0.15, 0.2) is 42.5 Å². The Morgan fingerprint density at radius 1 is 1.11 bits per heavy atom. The molecule has 19 heavy (non-hydrogen) atoms. The highest BCUT2D eigenvalue weighted by atomic mass is 19.2. The Kier molecular flexibility index (Phi) is 4.12. The molecule has 0 aliphatic heterocycles. The SMILES string of the molecule is CC(N)c1ccccc1OCc1cccc(F)c1F. The smallest absolute Gasteiger partial charge is 0.165 e. The predicted molar refractivity (Wildman–Crippen MR) is 69.7 cm³/mol. The third-order valence-electron chi connectivity index (χ3n) is 2.82.